The molecule has 0 bridgehead atoms. The van der Waals surface area contributed by atoms with Crippen LogP contribution in [0.2, 0.25) is 0 Å². The summed E-state index contributed by atoms with van der Waals surface area (Å²) >= 11 is 1.43. The van der Waals surface area contributed by atoms with Crippen molar-refractivity contribution in [1.82, 2.24) is 15.0 Å². The van der Waals surface area contributed by atoms with E-state index in [1.165, 1.54) is 23.9 Å². The van der Waals surface area contributed by atoms with Crippen LogP contribution >= 0.6 is 11.8 Å². The number of hydrogen-bond acceptors (Lipinski definition) is 6. The topological polar surface area (TPSA) is 69.3 Å². The molecule has 0 atom stereocenters. The van der Waals surface area contributed by atoms with Crippen LogP contribution in [0.5, 0.6) is 17.2 Å². The van der Waals surface area contributed by atoms with Crippen molar-refractivity contribution in [3.63, 3.8) is 0 Å². The SMILES string of the molecule is COc1c(OCc2ccccc2)cnc(CSc2nc3ccc(OCC(F)(F)F)cc3[nH]2)c1C. The molecule has 1 N–H and O–H groups in total. The van der Waals surface area contributed by atoms with E-state index >= 15 is 0 Å². The third-order valence-corrected chi connectivity index (χ3v) is 5.84. The van der Waals surface area contributed by atoms with Gasteiger partial charge in [-0.2, -0.15) is 13.2 Å². The normalized spacial score (nSPS) is 11.6. The highest BCUT2D eigenvalue weighted by atomic mass is 32.2. The van der Waals surface area contributed by atoms with Gasteiger partial charge in [0.2, 0.25) is 0 Å². The number of H-pyrrole nitrogens is 1. The second kappa shape index (κ2) is 10.3. The first kappa shape index (κ1) is 23.7. The number of aromatic amines is 1. The van der Waals surface area contributed by atoms with Crippen LogP contribution in [0.3, 0.4) is 0 Å². The number of fused-ring (bicyclic) bond motifs is 1. The molecule has 0 unspecified atom stereocenters. The highest BCUT2D eigenvalue weighted by molar-refractivity contribution is 7.98. The number of pyridine rings is 1. The lowest BCUT2D eigenvalue weighted by Crippen LogP contribution is -2.19. The second-order valence-electron chi connectivity index (χ2n) is 7.42. The van der Waals surface area contributed by atoms with Gasteiger partial charge in [-0.1, -0.05) is 42.1 Å². The number of hydrogen-bond donors (Lipinski definition) is 1. The summed E-state index contributed by atoms with van der Waals surface area (Å²) in [4.78, 5) is 12.1. The minimum atomic E-state index is -4.39. The zero-order chi connectivity index (χ0) is 24.1. The predicted molar refractivity (Wildman–Crippen MR) is 124 cm³/mol. The molecule has 0 saturated heterocycles. The molecule has 0 fully saturated rings. The first-order chi connectivity index (χ1) is 16.3. The van der Waals surface area contributed by atoms with Gasteiger partial charge >= 0.3 is 6.18 Å². The van der Waals surface area contributed by atoms with Gasteiger partial charge in [-0.05, 0) is 24.6 Å². The van der Waals surface area contributed by atoms with Gasteiger partial charge in [0.05, 0.1) is 30.0 Å². The number of nitrogens with zero attached hydrogens (tertiary/aromatic N) is 2. The predicted octanol–water partition coefficient (Wildman–Crippen LogP) is 6.09. The van der Waals surface area contributed by atoms with Crippen molar-refractivity contribution in [1.29, 1.82) is 0 Å². The molecule has 10 heteroatoms. The summed E-state index contributed by atoms with van der Waals surface area (Å²) in [6.07, 6.45) is -2.74. The molecule has 6 nitrogen and oxygen atoms in total. The van der Waals surface area contributed by atoms with Gasteiger partial charge in [0.25, 0.3) is 0 Å². The summed E-state index contributed by atoms with van der Waals surface area (Å²) in [7, 11) is 1.59. The first-order valence-electron chi connectivity index (χ1n) is 10.3. The molecule has 34 heavy (non-hydrogen) atoms. The number of thioether (sulfide) groups is 1. The Hall–Kier alpha value is -3.40. The van der Waals surface area contributed by atoms with E-state index in [0.717, 1.165) is 16.8 Å². The summed E-state index contributed by atoms with van der Waals surface area (Å²) in [6, 6.07) is 14.4. The van der Waals surface area contributed by atoms with E-state index in [2.05, 4.69) is 15.0 Å². The number of halogens is 3. The fourth-order valence-electron chi connectivity index (χ4n) is 3.27. The molecule has 4 rings (SSSR count). The van der Waals surface area contributed by atoms with Gasteiger partial charge in [-0.25, -0.2) is 4.98 Å². The van der Waals surface area contributed by atoms with Gasteiger partial charge < -0.3 is 19.2 Å². The van der Waals surface area contributed by atoms with E-state index in [1.807, 2.05) is 37.3 Å². The lowest BCUT2D eigenvalue weighted by atomic mass is 10.2. The van der Waals surface area contributed by atoms with Gasteiger partial charge in [0.15, 0.2) is 23.3 Å². The third kappa shape index (κ3) is 5.93. The number of aromatic nitrogens is 3. The zero-order valence-corrected chi connectivity index (χ0v) is 19.3. The number of rotatable bonds is 9. The summed E-state index contributed by atoms with van der Waals surface area (Å²) in [6.45, 7) is 0.978. The Labute approximate surface area is 198 Å². The molecule has 2 aromatic carbocycles. The van der Waals surface area contributed by atoms with Crippen molar-refractivity contribution in [2.24, 2.45) is 0 Å². The number of nitrogens with one attached hydrogen (secondary N) is 1. The molecule has 178 valence electrons. The van der Waals surface area contributed by atoms with E-state index in [-0.39, 0.29) is 5.75 Å². The molecule has 0 radical (unpaired) electrons. The smallest absolute Gasteiger partial charge is 0.422 e. The van der Waals surface area contributed by atoms with E-state index in [4.69, 9.17) is 14.2 Å². The lowest BCUT2D eigenvalue weighted by molar-refractivity contribution is -0.153. The minimum Gasteiger partial charge on any atom is -0.492 e. The van der Waals surface area contributed by atoms with Crippen LogP contribution in [-0.4, -0.2) is 34.8 Å². The van der Waals surface area contributed by atoms with Crippen LogP contribution in [-0.2, 0) is 12.4 Å². The Morgan fingerprint density at radius 3 is 2.59 bits per heavy atom. The van der Waals surface area contributed by atoms with Crippen molar-refractivity contribution >= 4 is 22.8 Å². The van der Waals surface area contributed by atoms with Crippen molar-refractivity contribution in [2.75, 3.05) is 13.7 Å². The molecule has 4 aromatic rings. The van der Waals surface area contributed by atoms with Gasteiger partial charge in [-0.15, -0.1) is 0 Å². The quantitative estimate of drug-likeness (QED) is 0.287. The lowest BCUT2D eigenvalue weighted by Gasteiger charge is -2.15. The maximum absolute atomic E-state index is 12.4. The Balaban J connectivity index is 1.43. The third-order valence-electron chi connectivity index (χ3n) is 4.96. The molecule has 0 spiro atoms. The van der Waals surface area contributed by atoms with E-state index in [0.29, 0.717) is 40.0 Å². The van der Waals surface area contributed by atoms with Crippen LogP contribution in [0.25, 0.3) is 11.0 Å². The molecule has 0 aliphatic carbocycles. The van der Waals surface area contributed by atoms with E-state index < -0.39 is 12.8 Å². The second-order valence-corrected chi connectivity index (χ2v) is 8.38. The maximum atomic E-state index is 12.4. The Bertz CT molecular complexity index is 1260. The average molecular weight is 490 g/mol. The standard InChI is InChI=1S/C24H22F3N3O3S/c1-15-20(28-11-21(22(15)31-2)32-12-16-6-4-3-5-7-16)13-34-23-29-18-9-8-17(10-19(18)30-23)33-14-24(25,26)27/h3-11H,12-14H2,1-2H3,(H,29,30). The highest BCUT2D eigenvalue weighted by Gasteiger charge is 2.28. The highest BCUT2D eigenvalue weighted by Crippen LogP contribution is 2.34. The van der Waals surface area contributed by atoms with Gasteiger partial charge in [-0.3, -0.25) is 4.98 Å². The molecular formula is C24H22F3N3O3S. The molecule has 2 heterocycles. The summed E-state index contributed by atoms with van der Waals surface area (Å²) in [5, 5.41) is 0.618. The molecule has 2 aromatic heterocycles. The molecule has 0 aliphatic rings. The molecule has 0 aliphatic heterocycles. The van der Waals surface area contributed by atoms with Crippen LogP contribution < -0.4 is 14.2 Å². The van der Waals surface area contributed by atoms with Crippen molar-refractivity contribution in [3.05, 3.63) is 71.5 Å². The number of imidazole rings is 1. The maximum Gasteiger partial charge on any atom is 0.422 e. The van der Waals surface area contributed by atoms with Crippen molar-refractivity contribution in [3.8, 4) is 17.2 Å². The number of ether oxygens (including phenoxy) is 3. The van der Waals surface area contributed by atoms with Gasteiger partial charge in [0, 0.05) is 17.4 Å². The van der Waals surface area contributed by atoms with Crippen LogP contribution in [0.1, 0.15) is 16.8 Å². The largest absolute Gasteiger partial charge is 0.492 e. The number of methoxy groups -OCH3 is 1. The fraction of sp³-hybridized carbons (Fsp3) is 0.250. The van der Waals surface area contributed by atoms with E-state index in [1.54, 1.807) is 19.4 Å². The minimum absolute atomic E-state index is 0.123. The summed E-state index contributed by atoms with van der Waals surface area (Å²) in [5.41, 5.74) is 3.93. The van der Waals surface area contributed by atoms with Crippen molar-refractivity contribution in [2.45, 2.75) is 30.6 Å². The molecular weight excluding hydrogens is 467 g/mol. The Kier molecular flexibility index (Phi) is 7.16. The van der Waals surface area contributed by atoms with Crippen LogP contribution in [0.4, 0.5) is 13.2 Å². The van der Waals surface area contributed by atoms with Crippen molar-refractivity contribution < 1.29 is 27.4 Å². The molecule has 0 amide bonds. The number of alkyl halides is 3. The summed E-state index contributed by atoms with van der Waals surface area (Å²) < 4.78 is 53.4. The Morgan fingerprint density at radius 1 is 1.06 bits per heavy atom. The average Bonchev–Trinajstić information content (AvgIpc) is 3.23. The first-order valence-corrected chi connectivity index (χ1v) is 11.3. The van der Waals surface area contributed by atoms with Crippen LogP contribution in [0.15, 0.2) is 59.9 Å². The van der Waals surface area contributed by atoms with Crippen LogP contribution in [0, 0.1) is 6.92 Å². The Morgan fingerprint density at radius 2 is 1.85 bits per heavy atom. The zero-order valence-electron chi connectivity index (χ0n) is 18.5. The van der Waals surface area contributed by atoms with E-state index in [9.17, 15) is 13.2 Å². The monoisotopic (exact) mass is 489 g/mol. The number of benzene rings is 2. The fourth-order valence-corrected chi connectivity index (χ4v) is 4.18. The van der Waals surface area contributed by atoms with Gasteiger partial charge in [0.1, 0.15) is 12.4 Å². The summed E-state index contributed by atoms with van der Waals surface area (Å²) in [5.74, 6) is 1.82. The molecule has 0 saturated carbocycles.